The average molecular weight is 422 g/mol. The van der Waals surface area contributed by atoms with Crippen LogP contribution < -0.4 is 4.90 Å². The lowest BCUT2D eigenvalue weighted by Gasteiger charge is -2.26. The number of fused-ring (bicyclic) bond motifs is 1. The van der Waals surface area contributed by atoms with Crippen molar-refractivity contribution in [3.63, 3.8) is 0 Å². The number of aliphatic hydroxyl groups excluding tert-OH is 1. The predicted octanol–water partition coefficient (Wildman–Crippen LogP) is 5.41. The fourth-order valence-corrected chi connectivity index (χ4v) is 4.34. The van der Waals surface area contributed by atoms with Crippen molar-refractivity contribution in [1.82, 2.24) is 4.98 Å². The first-order valence-electron chi connectivity index (χ1n) is 10.5. The van der Waals surface area contributed by atoms with Gasteiger partial charge in [-0.15, -0.1) is 0 Å². The number of benzene rings is 3. The Balaban J connectivity index is 1.76. The van der Waals surface area contributed by atoms with Crippen LogP contribution >= 0.6 is 0 Å². The molecule has 1 aliphatic heterocycles. The van der Waals surface area contributed by atoms with Gasteiger partial charge >= 0.3 is 0 Å². The highest BCUT2D eigenvalue weighted by atomic mass is 16.3. The van der Waals surface area contributed by atoms with Crippen LogP contribution in [0.2, 0.25) is 0 Å². The molecule has 1 aromatic heterocycles. The number of aromatic amines is 1. The van der Waals surface area contributed by atoms with Gasteiger partial charge in [0.25, 0.3) is 11.7 Å². The normalized spacial score (nSPS) is 17.9. The maximum absolute atomic E-state index is 13.3. The maximum atomic E-state index is 13.3. The lowest BCUT2D eigenvalue weighted by Crippen LogP contribution is -2.29. The number of aryl methyl sites for hydroxylation is 2. The summed E-state index contributed by atoms with van der Waals surface area (Å²) < 4.78 is 0. The highest BCUT2D eigenvalue weighted by Gasteiger charge is 2.47. The summed E-state index contributed by atoms with van der Waals surface area (Å²) in [5.41, 5.74) is 4.93. The molecule has 1 fully saturated rings. The Kier molecular flexibility index (Phi) is 4.67. The maximum Gasteiger partial charge on any atom is 0.300 e. The SMILES string of the molecule is Cc1ccc(N2C(=O)C(=O)/C(=C(\O)c3c[nH]c4ccccc34)C2c2ccccc2)cc1C. The van der Waals surface area contributed by atoms with E-state index < -0.39 is 17.7 Å². The van der Waals surface area contributed by atoms with Crippen molar-refractivity contribution in [3.8, 4) is 0 Å². The molecule has 2 N–H and O–H groups in total. The van der Waals surface area contributed by atoms with Crippen LogP contribution in [0.25, 0.3) is 16.7 Å². The van der Waals surface area contributed by atoms with Gasteiger partial charge in [-0.3, -0.25) is 14.5 Å². The van der Waals surface area contributed by atoms with Crippen molar-refractivity contribution in [2.75, 3.05) is 4.90 Å². The lowest BCUT2D eigenvalue weighted by molar-refractivity contribution is -0.132. The first-order chi connectivity index (χ1) is 15.5. The van der Waals surface area contributed by atoms with Crippen molar-refractivity contribution >= 4 is 34.0 Å². The third-order valence-electron chi connectivity index (χ3n) is 6.17. The second-order valence-corrected chi connectivity index (χ2v) is 8.10. The second-order valence-electron chi connectivity index (χ2n) is 8.10. The molecule has 0 bridgehead atoms. The molecule has 1 atom stereocenters. The molecule has 3 aromatic carbocycles. The van der Waals surface area contributed by atoms with Gasteiger partial charge in [0.2, 0.25) is 0 Å². The molecule has 1 saturated heterocycles. The summed E-state index contributed by atoms with van der Waals surface area (Å²) in [6.45, 7) is 3.97. The Bertz CT molecular complexity index is 1400. The van der Waals surface area contributed by atoms with Crippen LogP contribution in [0.5, 0.6) is 0 Å². The molecular weight excluding hydrogens is 400 g/mol. The van der Waals surface area contributed by atoms with Crippen molar-refractivity contribution in [1.29, 1.82) is 0 Å². The van der Waals surface area contributed by atoms with E-state index in [2.05, 4.69) is 4.98 Å². The number of aromatic nitrogens is 1. The number of rotatable bonds is 3. The number of carbonyl (C=O) groups is 2. The van der Waals surface area contributed by atoms with Gasteiger partial charge in [-0.25, -0.2) is 0 Å². The molecular formula is C27H22N2O3. The summed E-state index contributed by atoms with van der Waals surface area (Å²) >= 11 is 0. The van der Waals surface area contributed by atoms with Crippen LogP contribution in [0.3, 0.4) is 0 Å². The zero-order valence-electron chi connectivity index (χ0n) is 17.8. The van der Waals surface area contributed by atoms with E-state index in [4.69, 9.17) is 0 Å². The highest BCUT2D eigenvalue weighted by Crippen LogP contribution is 2.43. The molecule has 0 radical (unpaired) electrons. The predicted molar refractivity (Wildman–Crippen MR) is 125 cm³/mol. The van der Waals surface area contributed by atoms with Crippen molar-refractivity contribution in [3.05, 3.63) is 107 Å². The largest absolute Gasteiger partial charge is 0.507 e. The van der Waals surface area contributed by atoms with E-state index in [0.29, 0.717) is 11.3 Å². The minimum absolute atomic E-state index is 0.0872. The summed E-state index contributed by atoms with van der Waals surface area (Å²) in [5.74, 6) is -1.52. The number of ketones is 1. The molecule has 4 aromatic rings. The molecule has 0 saturated carbocycles. The van der Waals surface area contributed by atoms with Gasteiger partial charge in [0.05, 0.1) is 11.6 Å². The van der Waals surface area contributed by atoms with Gasteiger partial charge in [0.15, 0.2) is 0 Å². The summed E-state index contributed by atoms with van der Waals surface area (Å²) in [6.07, 6.45) is 1.67. The summed E-state index contributed by atoms with van der Waals surface area (Å²) in [6, 6.07) is 21.8. The number of anilines is 1. The van der Waals surface area contributed by atoms with Gasteiger partial charge in [-0.1, -0.05) is 54.6 Å². The standard InChI is InChI=1S/C27H22N2O3/c1-16-12-13-19(14-17(16)2)29-24(18-8-4-3-5-9-18)23(26(31)27(29)32)25(30)21-15-28-22-11-7-6-10-20(21)22/h3-15,24,28,30H,1-2H3/b25-23-. The average Bonchev–Trinajstić information content (AvgIpc) is 3.35. The monoisotopic (exact) mass is 422 g/mol. The Morgan fingerprint density at radius 1 is 0.906 bits per heavy atom. The van der Waals surface area contributed by atoms with E-state index in [1.54, 1.807) is 6.20 Å². The van der Waals surface area contributed by atoms with E-state index in [1.165, 1.54) is 4.90 Å². The summed E-state index contributed by atoms with van der Waals surface area (Å²) in [5, 5.41) is 12.1. The van der Waals surface area contributed by atoms with Gasteiger partial charge in [0, 0.05) is 28.4 Å². The molecule has 5 rings (SSSR count). The molecule has 1 aliphatic rings. The highest BCUT2D eigenvalue weighted by molar-refractivity contribution is 6.51. The van der Waals surface area contributed by atoms with Crippen LogP contribution in [0.15, 0.2) is 84.6 Å². The summed E-state index contributed by atoms with van der Waals surface area (Å²) in [7, 11) is 0. The molecule has 158 valence electrons. The number of Topliss-reactive ketones (excluding diaryl/α,β-unsaturated/α-hetero) is 1. The topological polar surface area (TPSA) is 73.4 Å². The zero-order valence-corrected chi connectivity index (χ0v) is 17.8. The molecule has 32 heavy (non-hydrogen) atoms. The quantitative estimate of drug-likeness (QED) is 0.263. The molecule has 0 aliphatic carbocycles. The number of nitrogens with zero attached hydrogens (tertiary/aromatic N) is 1. The lowest BCUT2D eigenvalue weighted by atomic mass is 9.95. The van der Waals surface area contributed by atoms with Crippen molar-refractivity contribution < 1.29 is 14.7 Å². The molecule has 1 unspecified atom stereocenters. The Labute approximate surface area is 185 Å². The fraction of sp³-hybridized carbons (Fsp3) is 0.111. The Morgan fingerprint density at radius 3 is 2.38 bits per heavy atom. The van der Waals surface area contributed by atoms with Gasteiger partial charge in [0.1, 0.15) is 5.76 Å². The number of amides is 1. The van der Waals surface area contributed by atoms with Crippen LogP contribution in [0.4, 0.5) is 5.69 Å². The fourth-order valence-electron chi connectivity index (χ4n) is 4.34. The van der Waals surface area contributed by atoms with E-state index in [-0.39, 0.29) is 11.3 Å². The molecule has 2 heterocycles. The molecule has 0 spiro atoms. The van der Waals surface area contributed by atoms with Crippen molar-refractivity contribution in [2.45, 2.75) is 19.9 Å². The molecule has 5 heteroatoms. The zero-order chi connectivity index (χ0) is 22.4. The third-order valence-corrected chi connectivity index (χ3v) is 6.17. The van der Waals surface area contributed by atoms with Gasteiger partial charge < -0.3 is 10.1 Å². The Hall–Kier alpha value is -4.12. The Morgan fingerprint density at radius 2 is 1.62 bits per heavy atom. The number of aliphatic hydroxyl groups is 1. The smallest absolute Gasteiger partial charge is 0.300 e. The molecule has 5 nitrogen and oxygen atoms in total. The van der Waals surface area contributed by atoms with Crippen LogP contribution in [-0.4, -0.2) is 21.8 Å². The number of para-hydroxylation sites is 1. The van der Waals surface area contributed by atoms with Crippen LogP contribution in [0, 0.1) is 13.8 Å². The number of H-pyrrole nitrogens is 1. The minimum Gasteiger partial charge on any atom is -0.507 e. The first-order valence-corrected chi connectivity index (χ1v) is 10.5. The number of carbonyl (C=O) groups excluding carboxylic acids is 2. The summed E-state index contributed by atoms with van der Waals surface area (Å²) in [4.78, 5) is 31.2. The van der Waals surface area contributed by atoms with Crippen LogP contribution in [0.1, 0.15) is 28.3 Å². The first kappa shape index (κ1) is 19.8. The number of hydrogen-bond acceptors (Lipinski definition) is 3. The van der Waals surface area contributed by atoms with Crippen molar-refractivity contribution in [2.24, 2.45) is 0 Å². The minimum atomic E-state index is -0.730. The molecule has 1 amide bonds. The number of hydrogen-bond donors (Lipinski definition) is 2. The third kappa shape index (κ3) is 3.02. The van der Waals surface area contributed by atoms with E-state index in [0.717, 1.165) is 27.6 Å². The van der Waals surface area contributed by atoms with E-state index in [9.17, 15) is 14.7 Å². The van der Waals surface area contributed by atoms with Gasteiger partial charge in [-0.2, -0.15) is 0 Å². The second kappa shape index (κ2) is 7.54. The van der Waals surface area contributed by atoms with E-state index >= 15 is 0 Å². The number of nitrogens with one attached hydrogen (secondary N) is 1. The van der Waals surface area contributed by atoms with Crippen LogP contribution in [-0.2, 0) is 9.59 Å². The van der Waals surface area contributed by atoms with Gasteiger partial charge in [-0.05, 0) is 48.7 Å². The van der Waals surface area contributed by atoms with E-state index in [1.807, 2.05) is 86.6 Å².